The number of carbonyl (C=O) groups is 2. The summed E-state index contributed by atoms with van der Waals surface area (Å²) in [5.41, 5.74) is 3.71. The minimum atomic E-state index is 0.178. The van der Waals surface area contributed by atoms with Crippen molar-refractivity contribution in [2.45, 2.75) is 79.1 Å². The molecule has 0 N–H and O–H groups in total. The molecule has 4 rings (SSSR count). The van der Waals surface area contributed by atoms with Crippen molar-refractivity contribution < 1.29 is 9.59 Å². The van der Waals surface area contributed by atoms with Crippen molar-refractivity contribution in [1.82, 2.24) is 0 Å². The molecule has 0 bridgehead atoms. The minimum Gasteiger partial charge on any atom is -0.300 e. The van der Waals surface area contributed by atoms with E-state index in [0.29, 0.717) is 29.3 Å². The lowest BCUT2D eigenvalue weighted by Crippen LogP contribution is -2.49. The first-order valence-corrected chi connectivity index (χ1v) is 9.99. The van der Waals surface area contributed by atoms with Crippen LogP contribution < -0.4 is 0 Å². The van der Waals surface area contributed by atoms with Crippen LogP contribution in [0.3, 0.4) is 0 Å². The molecule has 3 fully saturated rings. The number of hydrogen-bond acceptors (Lipinski definition) is 2. The molecule has 0 aromatic carbocycles. The van der Waals surface area contributed by atoms with Crippen molar-refractivity contribution in [3.63, 3.8) is 0 Å². The highest BCUT2D eigenvalue weighted by Crippen LogP contribution is 2.66. The Morgan fingerprint density at radius 1 is 1.12 bits per heavy atom. The summed E-state index contributed by atoms with van der Waals surface area (Å²) in [5, 5.41) is 0. The van der Waals surface area contributed by atoms with E-state index in [1.165, 1.54) is 19.3 Å². The first-order chi connectivity index (χ1) is 11.3. The fourth-order valence-corrected chi connectivity index (χ4v) is 7.65. The maximum Gasteiger partial charge on any atom is 0.133 e. The monoisotopic (exact) mass is 328 g/mol. The molecule has 0 heterocycles. The van der Waals surface area contributed by atoms with Crippen LogP contribution in [0.2, 0.25) is 0 Å². The second kappa shape index (κ2) is 5.29. The number of fused-ring (bicyclic) bond motifs is 5. The quantitative estimate of drug-likeness (QED) is 0.627. The molecule has 2 nitrogen and oxygen atoms in total. The Labute approximate surface area is 146 Å². The van der Waals surface area contributed by atoms with Gasteiger partial charge in [0.15, 0.2) is 0 Å². The van der Waals surface area contributed by atoms with Crippen LogP contribution in [0.5, 0.6) is 0 Å². The molecule has 3 saturated carbocycles. The smallest absolute Gasteiger partial charge is 0.133 e. The zero-order chi connectivity index (χ0) is 17.3. The summed E-state index contributed by atoms with van der Waals surface area (Å²) >= 11 is 0. The van der Waals surface area contributed by atoms with Gasteiger partial charge in [0.1, 0.15) is 11.6 Å². The zero-order valence-corrected chi connectivity index (χ0v) is 15.8. The number of Topliss-reactive ketones (excluding diaryl/α,β-unsaturated/α-hetero) is 2. The van der Waals surface area contributed by atoms with E-state index in [1.807, 2.05) is 0 Å². The maximum atomic E-state index is 12.2. The minimum absolute atomic E-state index is 0.178. The maximum absolute atomic E-state index is 12.2. The average molecular weight is 328 g/mol. The lowest BCUT2D eigenvalue weighted by molar-refractivity contribution is -0.127. The SMILES string of the molecule is CC(=O)[C@H]1CC[C@H]2[C@@H]3CC[C@@H]4CC(=O)CC[C@]4(C)C3=C(C)C[C@]12C. The van der Waals surface area contributed by atoms with Crippen LogP contribution in [-0.2, 0) is 9.59 Å². The van der Waals surface area contributed by atoms with Gasteiger partial charge < -0.3 is 0 Å². The molecule has 2 heteroatoms. The Balaban J connectivity index is 1.76. The lowest BCUT2D eigenvalue weighted by atomic mass is 9.47. The van der Waals surface area contributed by atoms with Crippen molar-refractivity contribution in [3.8, 4) is 0 Å². The molecule has 132 valence electrons. The first-order valence-electron chi connectivity index (χ1n) is 9.99. The van der Waals surface area contributed by atoms with E-state index in [2.05, 4.69) is 20.8 Å². The number of ketones is 2. The molecule has 0 spiro atoms. The standard InChI is InChI=1S/C22H32O2/c1-13-12-22(4)18(14(2)23)7-8-19(22)17-6-5-15-11-16(24)9-10-21(15,3)20(13)17/h15,17-19H,5-12H2,1-4H3/t15-,17+,18-,19+,21+,22-/m1/s1. The van der Waals surface area contributed by atoms with Gasteiger partial charge >= 0.3 is 0 Å². The second-order valence-electron chi connectivity index (χ2n) is 9.76. The summed E-state index contributed by atoms with van der Waals surface area (Å²) in [6.07, 6.45) is 8.50. The predicted octanol–water partition coefficient (Wildman–Crippen LogP) is 5.11. The summed E-state index contributed by atoms with van der Waals surface area (Å²) in [6.45, 7) is 8.99. The molecule has 4 aliphatic rings. The molecule has 0 aromatic heterocycles. The molecule has 0 unspecified atom stereocenters. The topological polar surface area (TPSA) is 34.1 Å². The van der Waals surface area contributed by atoms with Gasteiger partial charge in [0.25, 0.3) is 0 Å². The summed E-state index contributed by atoms with van der Waals surface area (Å²) in [4.78, 5) is 24.2. The normalized spacial score (nSPS) is 47.9. The molecular formula is C22H32O2. The number of carbonyl (C=O) groups excluding carboxylic acids is 2. The van der Waals surface area contributed by atoms with Crippen molar-refractivity contribution >= 4 is 11.6 Å². The highest BCUT2D eigenvalue weighted by molar-refractivity contribution is 5.80. The zero-order valence-electron chi connectivity index (χ0n) is 15.8. The Morgan fingerprint density at radius 3 is 2.58 bits per heavy atom. The molecule has 6 atom stereocenters. The van der Waals surface area contributed by atoms with Gasteiger partial charge in [-0.25, -0.2) is 0 Å². The van der Waals surface area contributed by atoms with Gasteiger partial charge in [-0.05, 0) is 81.0 Å². The van der Waals surface area contributed by atoms with E-state index in [0.717, 1.165) is 32.1 Å². The molecular weight excluding hydrogens is 296 g/mol. The molecule has 0 aliphatic heterocycles. The second-order valence-corrected chi connectivity index (χ2v) is 9.76. The predicted molar refractivity (Wildman–Crippen MR) is 95.5 cm³/mol. The largest absolute Gasteiger partial charge is 0.300 e. The Hall–Kier alpha value is -0.920. The Bertz CT molecular complexity index is 630. The van der Waals surface area contributed by atoms with E-state index in [1.54, 1.807) is 18.1 Å². The summed E-state index contributed by atoms with van der Waals surface area (Å²) in [7, 11) is 0. The van der Waals surface area contributed by atoms with Gasteiger partial charge in [-0.2, -0.15) is 0 Å². The Kier molecular flexibility index (Phi) is 3.64. The van der Waals surface area contributed by atoms with Gasteiger partial charge in [-0.3, -0.25) is 9.59 Å². The molecule has 0 aromatic rings. The molecule has 0 amide bonds. The van der Waals surface area contributed by atoms with Crippen molar-refractivity contribution in [2.75, 3.05) is 0 Å². The van der Waals surface area contributed by atoms with E-state index < -0.39 is 0 Å². The van der Waals surface area contributed by atoms with E-state index >= 15 is 0 Å². The third-order valence-corrected chi connectivity index (χ3v) is 8.60. The van der Waals surface area contributed by atoms with Crippen molar-refractivity contribution in [1.29, 1.82) is 0 Å². The van der Waals surface area contributed by atoms with E-state index in [9.17, 15) is 9.59 Å². The fraction of sp³-hybridized carbons (Fsp3) is 0.818. The lowest BCUT2D eigenvalue weighted by Gasteiger charge is -2.57. The van der Waals surface area contributed by atoms with Crippen molar-refractivity contribution in [3.05, 3.63) is 11.1 Å². The molecule has 4 aliphatic carbocycles. The summed E-state index contributed by atoms with van der Waals surface area (Å²) in [5.74, 6) is 3.06. The van der Waals surface area contributed by atoms with Gasteiger partial charge in [0, 0.05) is 18.8 Å². The van der Waals surface area contributed by atoms with Crippen LogP contribution >= 0.6 is 0 Å². The van der Waals surface area contributed by atoms with Crippen LogP contribution in [0.1, 0.15) is 79.1 Å². The van der Waals surface area contributed by atoms with Gasteiger partial charge in [-0.1, -0.05) is 25.0 Å². The summed E-state index contributed by atoms with van der Waals surface area (Å²) in [6, 6.07) is 0. The fourth-order valence-electron chi connectivity index (χ4n) is 7.65. The first kappa shape index (κ1) is 16.5. The Morgan fingerprint density at radius 2 is 1.88 bits per heavy atom. The molecule has 0 saturated heterocycles. The number of hydrogen-bond donors (Lipinski definition) is 0. The average Bonchev–Trinajstić information content (AvgIpc) is 2.84. The number of allylic oxidation sites excluding steroid dienone is 2. The molecule has 0 radical (unpaired) electrons. The van der Waals surface area contributed by atoms with Crippen LogP contribution in [0.25, 0.3) is 0 Å². The van der Waals surface area contributed by atoms with Gasteiger partial charge in [-0.15, -0.1) is 0 Å². The van der Waals surface area contributed by atoms with Gasteiger partial charge in [0.2, 0.25) is 0 Å². The summed E-state index contributed by atoms with van der Waals surface area (Å²) < 4.78 is 0. The highest BCUT2D eigenvalue weighted by Gasteiger charge is 2.59. The van der Waals surface area contributed by atoms with Crippen LogP contribution in [0.4, 0.5) is 0 Å². The molecule has 24 heavy (non-hydrogen) atoms. The highest BCUT2D eigenvalue weighted by atomic mass is 16.1. The van der Waals surface area contributed by atoms with Crippen LogP contribution in [-0.4, -0.2) is 11.6 Å². The van der Waals surface area contributed by atoms with E-state index in [-0.39, 0.29) is 16.7 Å². The van der Waals surface area contributed by atoms with Gasteiger partial charge in [0.05, 0.1) is 0 Å². The number of rotatable bonds is 1. The third kappa shape index (κ3) is 2.07. The van der Waals surface area contributed by atoms with E-state index in [4.69, 9.17) is 0 Å². The van der Waals surface area contributed by atoms with Crippen LogP contribution in [0.15, 0.2) is 11.1 Å². The van der Waals surface area contributed by atoms with Crippen LogP contribution in [0, 0.1) is 34.5 Å². The van der Waals surface area contributed by atoms with Crippen molar-refractivity contribution in [2.24, 2.45) is 34.5 Å². The third-order valence-electron chi connectivity index (χ3n) is 8.60.